The Hall–Kier alpha value is -0.880. The summed E-state index contributed by atoms with van der Waals surface area (Å²) in [5.41, 5.74) is 0.764. The van der Waals surface area contributed by atoms with E-state index < -0.39 is 10.0 Å². The lowest BCUT2D eigenvalue weighted by atomic mass is 10.4. The van der Waals surface area contributed by atoms with E-state index in [1.807, 2.05) is 6.92 Å². The number of sulfonamides is 1. The Kier molecular flexibility index (Phi) is 3.44. The van der Waals surface area contributed by atoms with E-state index >= 15 is 0 Å². The van der Waals surface area contributed by atoms with Gasteiger partial charge in [0.2, 0.25) is 10.0 Å². The van der Waals surface area contributed by atoms with E-state index in [1.54, 1.807) is 12.3 Å². The molecule has 13 heavy (non-hydrogen) atoms. The Labute approximate surface area is 77.6 Å². The van der Waals surface area contributed by atoms with Gasteiger partial charge in [0, 0.05) is 6.20 Å². The van der Waals surface area contributed by atoms with Crippen LogP contribution in [-0.4, -0.2) is 24.4 Å². The molecule has 0 radical (unpaired) electrons. The van der Waals surface area contributed by atoms with Gasteiger partial charge in [0.25, 0.3) is 0 Å². The van der Waals surface area contributed by atoms with E-state index in [4.69, 9.17) is 0 Å². The number of hydrogen-bond acceptors (Lipinski definition) is 3. The number of nitrogens with zero attached hydrogens (tertiary/aromatic N) is 1. The fourth-order valence-corrected chi connectivity index (χ4v) is 1.97. The SMILES string of the molecule is CCCS(=O)(=O)NCc1ccn[nH]1. The Balaban J connectivity index is 2.43. The van der Waals surface area contributed by atoms with Crippen LogP contribution in [0.3, 0.4) is 0 Å². The summed E-state index contributed by atoms with van der Waals surface area (Å²) in [5, 5.41) is 6.38. The highest BCUT2D eigenvalue weighted by Crippen LogP contribution is 1.94. The number of aromatic nitrogens is 2. The van der Waals surface area contributed by atoms with Crippen LogP contribution in [0.25, 0.3) is 0 Å². The Bertz CT molecular complexity index is 331. The molecular weight excluding hydrogens is 190 g/mol. The maximum atomic E-state index is 11.2. The third-order valence-corrected chi connectivity index (χ3v) is 3.04. The Morgan fingerprint density at radius 3 is 2.92 bits per heavy atom. The third kappa shape index (κ3) is 3.56. The molecule has 0 amide bonds. The van der Waals surface area contributed by atoms with E-state index in [1.165, 1.54) is 0 Å². The summed E-state index contributed by atoms with van der Waals surface area (Å²) in [4.78, 5) is 0. The highest BCUT2D eigenvalue weighted by atomic mass is 32.2. The van der Waals surface area contributed by atoms with Crippen LogP contribution in [0.1, 0.15) is 19.0 Å². The Morgan fingerprint density at radius 2 is 2.38 bits per heavy atom. The zero-order valence-corrected chi connectivity index (χ0v) is 8.26. The monoisotopic (exact) mass is 203 g/mol. The largest absolute Gasteiger partial charge is 0.281 e. The summed E-state index contributed by atoms with van der Waals surface area (Å²) < 4.78 is 24.8. The van der Waals surface area contributed by atoms with E-state index in [9.17, 15) is 8.42 Å². The highest BCUT2D eigenvalue weighted by Gasteiger charge is 2.07. The molecule has 0 aromatic carbocycles. The molecule has 0 spiro atoms. The first-order valence-electron chi connectivity index (χ1n) is 4.09. The minimum absolute atomic E-state index is 0.168. The van der Waals surface area contributed by atoms with Gasteiger partial charge in [-0.25, -0.2) is 13.1 Å². The molecule has 74 valence electrons. The fraction of sp³-hybridized carbons (Fsp3) is 0.571. The lowest BCUT2D eigenvalue weighted by Crippen LogP contribution is -2.25. The molecule has 0 aliphatic carbocycles. The van der Waals surface area contributed by atoms with Crippen molar-refractivity contribution in [1.29, 1.82) is 0 Å². The fourth-order valence-electron chi connectivity index (χ4n) is 0.912. The number of nitrogens with one attached hydrogen (secondary N) is 2. The first-order valence-corrected chi connectivity index (χ1v) is 5.75. The molecule has 1 aromatic heterocycles. The minimum Gasteiger partial charge on any atom is -0.281 e. The second kappa shape index (κ2) is 4.38. The number of hydrogen-bond donors (Lipinski definition) is 2. The molecule has 0 saturated carbocycles. The molecule has 0 unspecified atom stereocenters. The van der Waals surface area contributed by atoms with Crippen LogP contribution >= 0.6 is 0 Å². The lowest BCUT2D eigenvalue weighted by molar-refractivity contribution is 0.579. The quantitative estimate of drug-likeness (QED) is 0.719. The highest BCUT2D eigenvalue weighted by molar-refractivity contribution is 7.89. The van der Waals surface area contributed by atoms with Crippen LogP contribution in [0.15, 0.2) is 12.3 Å². The molecule has 1 heterocycles. The van der Waals surface area contributed by atoms with Crippen LogP contribution < -0.4 is 4.72 Å². The molecule has 6 heteroatoms. The number of rotatable bonds is 5. The second-order valence-corrected chi connectivity index (χ2v) is 4.65. The number of aromatic amines is 1. The predicted molar refractivity (Wildman–Crippen MR) is 49.5 cm³/mol. The van der Waals surface area contributed by atoms with Gasteiger partial charge in [0.05, 0.1) is 18.0 Å². The average molecular weight is 203 g/mol. The van der Waals surface area contributed by atoms with Crippen molar-refractivity contribution in [2.75, 3.05) is 5.75 Å². The zero-order chi connectivity index (χ0) is 9.73. The molecule has 2 N–H and O–H groups in total. The predicted octanol–water partition coefficient (Wildman–Crippen LogP) is 0.239. The van der Waals surface area contributed by atoms with Gasteiger partial charge < -0.3 is 0 Å². The smallest absolute Gasteiger partial charge is 0.211 e. The van der Waals surface area contributed by atoms with Crippen molar-refractivity contribution in [1.82, 2.24) is 14.9 Å². The molecular formula is C7H13N3O2S. The van der Waals surface area contributed by atoms with E-state index in [0.29, 0.717) is 6.42 Å². The molecule has 0 aliphatic heterocycles. The molecule has 0 aliphatic rings. The molecule has 0 fully saturated rings. The normalized spacial score (nSPS) is 11.8. The molecule has 0 saturated heterocycles. The van der Waals surface area contributed by atoms with Gasteiger partial charge in [0.15, 0.2) is 0 Å². The van der Waals surface area contributed by atoms with Gasteiger partial charge in [-0.05, 0) is 12.5 Å². The summed E-state index contributed by atoms with van der Waals surface area (Å²) in [6.45, 7) is 2.11. The maximum Gasteiger partial charge on any atom is 0.211 e. The number of H-pyrrole nitrogens is 1. The Morgan fingerprint density at radius 1 is 1.62 bits per heavy atom. The first-order chi connectivity index (χ1) is 6.14. The van der Waals surface area contributed by atoms with Crippen molar-refractivity contribution in [2.24, 2.45) is 0 Å². The summed E-state index contributed by atoms with van der Waals surface area (Å²) in [7, 11) is -3.11. The van der Waals surface area contributed by atoms with E-state index in [2.05, 4.69) is 14.9 Å². The van der Waals surface area contributed by atoms with Gasteiger partial charge in [-0.1, -0.05) is 6.92 Å². The molecule has 5 nitrogen and oxygen atoms in total. The standard InChI is InChI=1S/C7H13N3O2S/c1-2-5-13(11,12)9-6-7-3-4-8-10-7/h3-4,9H,2,5-6H2,1H3,(H,8,10). The average Bonchev–Trinajstić information content (AvgIpc) is 2.52. The third-order valence-electron chi connectivity index (χ3n) is 1.51. The van der Waals surface area contributed by atoms with Crippen molar-refractivity contribution in [2.45, 2.75) is 19.9 Å². The maximum absolute atomic E-state index is 11.2. The van der Waals surface area contributed by atoms with Crippen LogP contribution in [-0.2, 0) is 16.6 Å². The van der Waals surface area contributed by atoms with E-state index in [-0.39, 0.29) is 12.3 Å². The molecule has 1 rings (SSSR count). The summed E-state index contributed by atoms with van der Waals surface area (Å²) >= 11 is 0. The van der Waals surface area contributed by atoms with Crippen molar-refractivity contribution >= 4 is 10.0 Å². The summed E-state index contributed by atoms with van der Waals surface area (Å²) in [5.74, 6) is 0.168. The van der Waals surface area contributed by atoms with Gasteiger partial charge in [-0.2, -0.15) is 5.10 Å². The molecule has 0 bridgehead atoms. The molecule has 1 aromatic rings. The zero-order valence-electron chi connectivity index (χ0n) is 7.45. The van der Waals surface area contributed by atoms with Gasteiger partial charge in [-0.15, -0.1) is 0 Å². The lowest BCUT2D eigenvalue weighted by Gasteiger charge is -2.02. The summed E-state index contributed by atoms with van der Waals surface area (Å²) in [6, 6.07) is 1.73. The van der Waals surface area contributed by atoms with Crippen molar-refractivity contribution in [3.05, 3.63) is 18.0 Å². The second-order valence-electron chi connectivity index (χ2n) is 2.72. The van der Waals surface area contributed by atoms with Crippen LogP contribution in [0, 0.1) is 0 Å². The summed E-state index contributed by atoms with van der Waals surface area (Å²) in [6.07, 6.45) is 2.21. The van der Waals surface area contributed by atoms with Crippen LogP contribution in [0.5, 0.6) is 0 Å². The van der Waals surface area contributed by atoms with Crippen molar-refractivity contribution in [3.63, 3.8) is 0 Å². The molecule has 0 atom stereocenters. The van der Waals surface area contributed by atoms with Gasteiger partial charge in [0.1, 0.15) is 0 Å². The van der Waals surface area contributed by atoms with Crippen molar-refractivity contribution in [3.8, 4) is 0 Å². The van der Waals surface area contributed by atoms with Gasteiger partial charge >= 0.3 is 0 Å². The van der Waals surface area contributed by atoms with Crippen LogP contribution in [0.4, 0.5) is 0 Å². The van der Waals surface area contributed by atoms with E-state index in [0.717, 1.165) is 5.69 Å². The topological polar surface area (TPSA) is 74.8 Å². The van der Waals surface area contributed by atoms with Crippen LogP contribution in [0.2, 0.25) is 0 Å². The minimum atomic E-state index is -3.11. The first kappa shape index (κ1) is 10.2. The van der Waals surface area contributed by atoms with Crippen molar-refractivity contribution < 1.29 is 8.42 Å². The van der Waals surface area contributed by atoms with Gasteiger partial charge in [-0.3, -0.25) is 5.10 Å².